The van der Waals surface area contributed by atoms with Gasteiger partial charge in [0.15, 0.2) is 5.78 Å². The number of nitro benzene ring substituents is 1. The Balaban J connectivity index is 2.75. The lowest BCUT2D eigenvalue weighted by Crippen LogP contribution is -2.08. The maximum Gasteiger partial charge on any atom is 0.306 e. The van der Waals surface area contributed by atoms with E-state index in [4.69, 9.17) is 5.73 Å². The summed E-state index contributed by atoms with van der Waals surface area (Å²) in [6.07, 6.45) is -0.106. The molecule has 7 heteroatoms. The van der Waals surface area contributed by atoms with Gasteiger partial charge in [-0.3, -0.25) is 19.7 Å². The van der Waals surface area contributed by atoms with Crippen molar-refractivity contribution in [3.8, 4) is 0 Å². The average molecular weight is 266 g/mol. The van der Waals surface area contributed by atoms with Crippen molar-refractivity contribution in [2.45, 2.75) is 19.8 Å². The van der Waals surface area contributed by atoms with Gasteiger partial charge in [-0.15, -0.1) is 0 Å². The normalized spacial score (nSPS) is 9.95. The number of benzene rings is 1. The van der Waals surface area contributed by atoms with Gasteiger partial charge in [0.2, 0.25) is 0 Å². The predicted octanol–water partition coefficient (Wildman–Crippen LogP) is 1.70. The molecule has 1 aromatic rings. The third-order valence-corrected chi connectivity index (χ3v) is 2.41. The van der Waals surface area contributed by atoms with Crippen LogP contribution in [-0.4, -0.2) is 23.3 Å². The second kappa shape index (κ2) is 6.48. The number of hydrogen-bond acceptors (Lipinski definition) is 6. The molecular formula is C12H14N2O5. The minimum atomic E-state index is -0.655. The molecule has 0 fully saturated rings. The molecule has 0 amide bonds. The van der Waals surface area contributed by atoms with Crippen LogP contribution in [0.5, 0.6) is 0 Å². The number of ether oxygens (including phenoxy) is 1. The van der Waals surface area contributed by atoms with Crippen molar-refractivity contribution in [1.29, 1.82) is 0 Å². The molecule has 0 aromatic heterocycles. The monoisotopic (exact) mass is 266 g/mol. The molecule has 2 N–H and O–H groups in total. The maximum absolute atomic E-state index is 11.8. The summed E-state index contributed by atoms with van der Waals surface area (Å²) in [6, 6.07) is 3.81. The first-order chi connectivity index (χ1) is 8.95. The van der Waals surface area contributed by atoms with Crippen LogP contribution in [0, 0.1) is 10.1 Å². The highest BCUT2D eigenvalue weighted by Gasteiger charge is 2.16. The highest BCUT2D eigenvalue weighted by Crippen LogP contribution is 2.23. The lowest BCUT2D eigenvalue weighted by Gasteiger charge is -2.03. The molecule has 0 aliphatic heterocycles. The van der Waals surface area contributed by atoms with Gasteiger partial charge in [-0.25, -0.2) is 0 Å². The van der Waals surface area contributed by atoms with Gasteiger partial charge in [0.05, 0.1) is 18.0 Å². The van der Waals surface area contributed by atoms with E-state index in [1.807, 2.05) is 0 Å². The molecule has 0 atom stereocenters. The van der Waals surface area contributed by atoms with Gasteiger partial charge in [-0.1, -0.05) is 0 Å². The lowest BCUT2D eigenvalue weighted by atomic mass is 10.1. The highest BCUT2D eigenvalue weighted by atomic mass is 16.6. The fourth-order valence-corrected chi connectivity index (χ4v) is 1.47. The van der Waals surface area contributed by atoms with Crippen LogP contribution >= 0.6 is 0 Å². The van der Waals surface area contributed by atoms with Gasteiger partial charge >= 0.3 is 5.97 Å². The van der Waals surface area contributed by atoms with E-state index in [0.29, 0.717) is 0 Å². The largest absolute Gasteiger partial charge is 0.466 e. The van der Waals surface area contributed by atoms with Crippen LogP contribution in [0.3, 0.4) is 0 Å². The third kappa shape index (κ3) is 4.06. The average Bonchev–Trinajstić information content (AvgIpc) is 2.36. The molecule has 0 unspecified atom stereocenters. The predicted molar refractivity (Wildman–Crippen MR) is 67.7 cm³/mol. The molecule has 7 nitrogen and oxygen atoms in total. The summed E-state index contributed by atoms with van der Waals surface area (Å²) in [5, 5.41) is 10.7. The zero-order chi connectivity index (χ0) is 14.4. The van der Waals surface area contributed by atoms with Crippen LogP contribution < -0.4 is 5.73 Å². The molecule has 0 saturated heterocycles. The van der Waals surface area contributed by atoms with E-state index in [1.54, 1.807) is 6.92 Å². The lowest BCUT2D eigenvalue weighted by molar-refractivity contribution is -0.383. The molecule has 0 spiro atoms. The first kappa shape index (κ1) is 14.6. The maximum atomic E-state index is 11.8. The van der Waals surface area contributed by atoms with Gasteiger partial charge in [-0.05, 0) is 19.1 Å². The van der Waals surface area contributed by atoms with E-state index >= 15 is 0 Å². The molecule has 0 aliphatic carbocycles. The fourth-order valence-electron chi connectivity index (χ4n) is 1.47. The van der Waals surface area contributed by atoms with Crippen LogP contribution in [0.25, 0.3) is 0 Å². The summed E-state index contributed by atoms with van der Waals surface area (Å²) in [4.78, 5) is 32.9. The number of carbonyl (C=O) groups excluding carboxylic acids is 2. The number of ketones is 1. The van der Waals surface area contributed by atoms with Gasteiger partial charge in [-0.2, -0.15) is 0 Å². The summed E-state index contributed by atoms with van der Waals surface area (Å²) in [6.45, 7) is 1.92. The Hall–Kier alpha value is -2.44. The summed E-state index contributed by atoms with van der Waals surface area (Å²) in [7, 11) is 0. The van der Waals surface area contributed by atoms with Crippen molar-refractivity contribution < 1.29 is 19.2 Å². The van der Waals surface area contributed by atoms with Crippen molar-refractivity contribution >= 4 is 23.1 Å². The number of nitro groups is 1. The Bertz CT molecular complexity index is 513. The first-order valence-electron chi connectivity index (χ1n) is 5.68. The Morgan fingerprint density at radius 1 is 1.37 bits per heavy atom. The van der Waals surface area contributed by atoms with Crippen molar-refractivity contribution in [3.05, 3.63) is 33.9 Å². The summed E-state index contributed by atoms with van der Waals surface area (Å²) < 4.78 is 4.69. The number of carbonyl (C=O) groups is 2. The molecule has 0 bridgehead atoms. The van der Waals surface area contributed by atoms with Gasteiger partial charge < -0.3 is 10.5 Å². The molecule has 0 aliphatic rings. The quantitative estimate of drug-likeness (QED) is 0.275. The van der Waals surface area contributed by atoms with Crippen LogP contribution in [0.2, 0.25) is 0 Å². The molecule has 102 valence electrons. The van der Waals surface area contributed by atoms with E-state index < -0.39 is 10.9 Å². The number of anilines is 1. The molecule has 0 heterocycles. The number of hydrogen-bond donors (Lipinski definition) is 1. The number of esters is 1. The Morgan fingerprint density at radius 2 is 2.05 bits per heavy atom. The number of Topliss-reactive ketones (excluding diaryl/α,β-unsaturated/α-hetero) is 1. The number of nitrogens with zero attached hydrogens (tertiary/aromatic N) is 1. The highest BCUT2D eigenvalue weighted by molar-refractivity contribution is 5.98. The van der Waals surface area contributed by atoms with Crippen molar-refractivity contribution in [1.82, 2.24) is 0 Å². The second-order valence-corrected chi connectivity index (χ2v) is 3.76. The number of nitrogens with two attached hydrogens (primary N) is 1. The Morgan fingerprint density at radius 3 is 2.63 bits per heavy atom. The van der Waals surface area contributed by atoms with E-state index in [2.05, 4.69) is 4.74 Å². The van der Waals surface area contributed by atoms with Gasteiger partial charge in [0.25, 0.3) is 5.69 Å². The van der Waals surface area contributed by atoms with E-state index in [9.17, 15) is 19.7 Å². The van der Waals surface area contributed by atoms with Crippen LogP contribution in [0.1, 0.15) is 30.1 Å². The van der Waals surface area contributed by atoms with Crippen LogP contribution in [-0.2, 0) is 9.53 Å². The van der Waals surface area contributed by atoms with E-state index in [-0.39, 0.29) is 42.2 Å². The molecule has 19 heavy (non-hydrogen) atoms. The minimum absolute atomic E-state index is 0.00746. The van der Waals surface area contributed by atoms with Crippen molar-refractivity contribution in [2.24, 2.45) is 0 Å². The second-order valence-electron chi connectivity index (χ2n) is 3.76. The Labute approximate surface area is 109 Å². The minimum Gasteiger partial charge on any atom is -0.466 e. The zero-order valence-electron chi connectivity index (χ0n) is 10.4. The standard InChI is InChI=1S/C12H14N2O5/c1-2-19-12(16)6-5-11(15)8-3-4-9(13)10(7-8)14(17)18/h3-4,7H,2,5-6,13H2,1H3. The zero-order valence-corrected chi connectivity index (χ0v) is 10.4. The van der Waals surface area contributed by atoms with E-state index in [0.717, 1.165) is 6.07 Å². The van der Waals surface area contributed by atoms with Crippen LogP contribution in [0.15, 0.2) is 18.2 Å². The molecule has 0 saturated carbocycles. The number of rotatable bonds is 6. The number of nitrogen functional groups attached to an aromatic ring is 1. The Kier molecular flexibility index (Phi) is 4.99. The van der Waals surface area contributed by atoms with Crippen molar-refractivity contribution in [2.75, 3.05) is 12.3 Å². The molecule has 1 rings (SSSR count). The van der Waals surface area contributed by atoms with Crippen molar-refractivity contribution in [3.63, 3.8) is 0 Å². The SMILES string of the molecule is CCOC(=O)CCC(=O)c1ccc(N)c([N+](=O)[O-])c1. The topological polar surface area (TPSA) is 113 Å². The van der Waals surface area contributed by atoms with Crippen LogP contribution in [0.4, 0.5) is 11.4 Å². The fraction of sp³-hybridized carbons (Fsp3) is 0.333. The smallest absolute Gasteiger partial charge is 0.306 e. The molecular weight excluding hydrogens is 252 g/mol. The van der Waals surface area contributed by atoms with Gasteiger partial charge in [0.1, 0.15) is 5.69 Å². The summed E-state index contributed by atoms with van der Waals surface area (Å²) in [5.74, 6) is -0.836. The first-order valence-corrected chi connectivity index (χ1v) is 5.68. The molecule has 1 aromatic carbocycles. The molecule has 0 radical (unpaired) electrons. The van der Waals surface area contributed by atoms with E-state index in [1.165, 1.54) is 12.1 Å². The summed E-state index contributed by atoms with van der Waals surface area (Å²) in [5.41, 5.74) is 5.26. The third-order valence-electron chi connectivity index (χ3n) is 2.41. The summed E-state index contributed by atoms with van der Waals surface area (Å²) >= 11 is 0. The van der Waals surface area contributed by atoms with Gasteiger partial charge in [0, 0.05) is 18.1 Å².